The summed E-state index contributed by atoms with van der Waals surface area (Å²) in [6.45, 7) is 5.77. The Balaban J connectivity index is 2.01. The van der Waals surface area contributed by atoms with Crippen molar-refractivity contribution in [1.82, 2.24) is 10.1 Å². The van der Waals surface area contributed by atoms with E-state index >= 15 is 0 Å². The van der Waals surface area contributed by atoms with E-state index in [2.05, 4.69) is 0 Å². The third kappa shape index (κ3) is 3.21. The monoisotopic (exact) mass is 278 g/mol. The van der Waals surface area contributed by atoms with E-state index < -0.39 is 6.09 Å². The van der Waals surface area contributed by atoms with Crippen molar-refractivity contribution in [1.29, 1.82) is 0 Å². The summed E-state index contributed by atoms with van der Waals surface area (Å²) in [5, 5.41) is 10.5. The predicted octanol–water partition coefficient (Wildman–Crippen LogP) is 2.88. The van der Waals surface area contributed by atoms with Crippen molar-refractivity contribution < 1.29 is 19.6 Å². The van der Waals surface area contributed by atoms with E-state index in [1.807, 2.05) is 32.9 Å². The lowest BCUT2D eigenvalue weighted by Gasteiger charge is -2.24. The first-order valence-corrected chi connectivity index (χ1v) is 6.36. The summed E-state index contributed by atoms with van der Waals surface area (Å²) in [5.41, 5.74) is 0.908. The molecule has 0 spiro atoms. The van der Waals surface area contributed by atoms with E-state index in [1.54, 1.807) is 18.3 Å². The van der Waals surface area contributed by atoms with Crippen LogP contribution in [0, 0.1) is 0 Å². The molecule has 1 aliphatic rings. The number of para-hydroxylation sites is 2. The molecule has 1 heterocycles. The zero-order valence-corrected chi connectivity index (χ0v) is 11.7. The molecule has 0 fully saturated rings. The fraction of sp³-hybridized carbons (Fsp3) is 0.357. The van der Waals surface area contributed by atoms with Crippen LogP contribution < -0.4 is 9.68 Å². The smallest absolute Gasteiger partial charge is 0.411 e. The number of carbonyl (C=O) groups is 1. The number of rotatable bonds is 4. The molecule has 0 aliphatic carbocycles. The van der Waals surface area contributed by atoms with E-state index in [-0.39, 0.29) is 12.6 Å². The lowest BCUT2D eigenvalue weighted by atomic mass is 10.3. The van der Waals surface area contributed by atoms with Crippen LogP contribution in [0.25, 0.3) is 0 Å². The number of carboxylic acid groups (broad SMARTS) is 1. The van der Waals surface area contributed by atoms with Crippen LogP contribution in [0.4, 0.5) is 4.79 Å². The van der Waals surface area contributed by atoms with Crippen LogP contribution in [0.5, 0.6) is 11.5 Å². The van der Waals surface area contributed by atoms with Crippen LogP contribution in [0.2, 0.25) is 0 Å². The maximum Gasteiger partial charge on any atom is 0.411 e. The van der Waals surface area contributed by atoms with Gasteiger partial charge in [0, 0.05) is 11.4 Å². The van der Waals surface area contributed by atoms with Gasteiger partial charge < -0.3 is 14.8 Å². The highest BCUT2D eigenvalue weighted by atomic mass is 17.0. The Morgan fingerprint density at radius 1 is 1.35 bits per heavy atom. The molecular formula is C14H18N2O4. The molecule has 6 heteroatoms. The molecule has 1 aromatic carbocycles. The number of amides is 1. The first-order chi connectivity index (χ1) is 9.47. The third-order valence-corrected chi connectivity index (χ3v) is 2.71. The number of nitrogens with zero attached hydrogens (tertiary/aromatic N) is 2. The molecule has 0 saturated carbocycles. The lowest BCUT2D eigenvalue weighted by Crippen LogP contribution is -2.43. The molecule has 0 saturated heterocycles. The van der Waals surface area contributed by atoms with Gasteiger partial charge in [-0.25, -0.2) is 4.79 Å². The van der Waals surface area contributed by atoms with E-state index in [0.29, 0.717) is 11.5 Å². The van der Waals surface area contributed by atoms with Gasteiger partial charge in [-0.05, 0) is 32.9 Å². The summed E-state index contributed by atoms with van der Waals surface area (Å²) in [6, 6.07) is 7.04. The van der Waals surface area contributed by atoms with Crippen molar-refractivity contribution in [3.8, 4) is 11.5 Å². The van der Waals surface area contributed by atoms with E-state index in [1.165, 1.54) is 10.1 Å². The van der Waals surface area contributed by atoms with Gasteiger partial charge in [-0.1, -0.05) is 17.7 Å². The topological polar surface area (TPSA) is 62.2 Å². The van der Waals surface area contributed by atoms with E-state index in [4.69, 9.17) is 14.8 Å². The van der Waals surface area contributed by atoms with Gasteiger partial charge in [0.1, 0.15) is 6.04 Å². The summed E-state index contributed by atoms with van der Waals surface area (Å²) in [5.74, 6) is 1.26. The van der Waals surface area contributed by atoms with Crippen molar-refractivity contribution in [3.63, 3.8) is 0 Å². The second kappa shape index (κ2) is 5.83. The average molecular weight is 278 g/mol. The molecule has 1 N–H and O–H groups in total. The quantitative estimate of drug-likeness (QED) is 0.917. The molecule has 0 aromatic heterocycles. The molecule has 1 aliphatic heterocycles. The standard InChI is InChI=1S/C14H18N2O4/c1-10(2)8-15(14(17)18)9-11(3)16-19-12-6-4-5-7-13(12)20-16/h4-8,11H,9H2,1-3H3,(H,17,18). The number of hydrogen-bond acceptors (Lipinski definition) is 4. The van der Waals surface area contributed by atoms with Gasteiger partial charge in [0.15, 0.2) is 11.5 Å². The van der Waals surface area contributed by atoms with Crippen molar-refractivity contribution in [2.75, 3.05) is 6.54 Å². The fourth-order valence-corrected chi connectivity index (χ4v) is 1.84. The van der Waals surface area contributed by atoms with Gasteiger partial charge in [0.2, 0.25) is 0 Å². The number of benzene rings is 1. The Kier molecular flexibility index (Phi) is 4.14. The minimum atomic E-state index is -1.00. The molecular weight excluding hydrogens is 260 g/mol. The molecule has 6 nitrogen and oxygen atoms in total. The number of hydroxylamine groups is 2. The average Bonchev–Trinajstić information content (AvgIpc) is 2.81. The zero-order chi connectivity index (χ0) is 14.7. The number of hydrogen-bond donors (Lipinski definition) is 1. The largest absolute Gasteiger partial charge is 0.465 e. The summed E-state index contributed by atoms with van der Waals surface area (Å²) in [6.07, 6.45) is 0.581. The normalized spacial score (nSPS) is 14.8. The zero-order valence-electron chi connectivity index (χ0n) is 11.7. The van der Waals surface area contributed by atoms with Crippen molar-refractivity contribution in [2.24, 2.45) is 0 Å². The van der Waals surface area contributed by atoms with Gasteiger partial charge >= 0.3 is 6.09 Å². The molecule has 1 aromatic rings. The highest BCUT2D eigenvalue weighted by Crippen LogP contribution is 2.34. The molecule has 1 unspecified atom stereocenters. The maximum atomic E-state index is 11.2. The van der Waals surface area contributed by atoms with Crippen LogP contribution in [0.15, 0.2) is 36.0 Å². The minimum absolute atomic E-state index is 0.245. The first-order valence-electron chi connectivity index (χ1n) is 6.36. The Labute approximate surface area is 117 Å². The molecule has 2 rings (SSSR count). The van der Waals surface area contributed by atoms with Gasteiger partial charge in [-0.3, -0.25) is 4.90 Å². The number of fused-ring (bicyclic) bond motifs is 1. The van der Waals surface area contributed by atoms with Crippen molar-refractivity contribution in [3.05, 3.63) is 36.0 Å². The van der Waals surface area contributed by atoms with Gasteiger partial charge in [0.05, 0.1) is 6.54 Å². The molecule has 1 atom stereocenters. The molecule has 108 valence electrons. The van der Waals surface area contributed by atoms with Crippen molar-refractivity contribution in [2.45, 2.75) is 26.8 Å². The first kappa shape index (κ1) is 14.2. The van der Waals surface area contributed by atoms with Crippen LogP contribution in [-0.2, 0) is 0 Å². The summed E-state index contributed by atoms with van der Waals surface area (Å²) < 4.78 is 0. The summed E-state index contributed by atoms with van der Waals surface area (Å²) in [4.78, 5) is 23.5. The minimum Gasteiger partial charge on any atom is -0.465 e. The second-order valence-electron chi connectivity index (χ2n) is 4.91. The van der Waals surface area contributed by atoms with Crippen LogP contribution in [-0.4, -0.2) is 33.9 Å². The highest BCUT2D eigenvalue weighted by Gasteiger charge is 2.29. The molecule has 1 amide bonds. The summed E-state index contributed by atoms with van der Waals surface area (Å²) in [7, 11) is 0. The maximum absolute atomic E-state index is 11.2. The van der Waals surface area contributed by atoms with Crippen molar-refractivity contribution >= 4 is 6.09 Å². The third-order valence-electron chi connectivity index (χ3n) is 2.71. The molecule has 0 bridgehead atoms. The van der Waals surface area contributed by atoms with Gasteiger partial charge in [0.25, 0.3) is 0 Å². The second-order valence-corrected chi connectivity index (χ2v) is 4.91. The highest BCUT2D eigenvalue weighted by molar-refractivity contribution is 5.66. The molecule has 20 heavy (non-hydrogen) atoms. The van der Waals surface area contributed by atoms with Crippen LogP contribution >= 0.6 is 0 Å². The van der Waals surface area contributed by atoms with E-state index in [0.717, 1.165) is 5.57 Å². The summed E-state index contributed by atoms with van der Waals surface area (Å²) >= 11 is 0. The number of allylic oxidation sites excluding steroid dienone is 1. The molecule has 0 radical (unpaired) electrons. The van der Waals surface area contributed by atoms with Gasteiger partial charge in [-0.2, -0.15) is 0 Å². The predicted molar refractivity (Wildman–Crippen MR) is 73.2 cm³/mol. The van der Waals surface area contributed by atoms with Gasteiger partial charge in [-0.15, -0.1) is 0 Å². The Hall–Kier alpha value is -2.21. The van der Waals surface area contributed by atoms with E-state index in [9.17, 15) is 4.79 Å². The Bertz CT molecular complexity index is 501. The SMILES string of the molecule is CC(C)=CN(CC(C)N1Oc2ccccc2O1)C(=O)O. The Morgan fingerprint density at radius 2 is 1.90 bits per heavy atom. The lowest BCUT2D eigenvalue weighted by molar-refractivity contribution is -0.251. The van der Waals surface area contributed by atoms with Crippen LogP contribution in [0.1, 0.15) is 20.8 Å². The Morgan fingerprint density at radius 3 is 2.35 bits per heavy atom. The fourth-order valence-electron chi connectivity index (χ4n) is 1.84. The van der Waals surface area contributed by atoms with Crippen LogP contribution in [0.3, 0.4) is 0 Å².